The molecular formula is C17H23NO2. The number of aliphatic carboxylic acids is 1. The average molecular weight is 273 g/mol. The van der Waals surface area contributed by atoms with Crippen LogP contribution < -0.4 is 0 Å². The highest BCUT2D eigenvalue weighted by Crippen LogP contribution is 2.41. The lowest BCUT2D eigenvalue weighted by Gasteiger charge is -2.38. The molecule has 108 valence electrons. The SMILES string of the molecule is CC1CCC(CN2Cc3ccccc3C2)(C(=O)O)CC1. The number of carboxylic acids is 1. The number of rotatable bonds is 3. The van der Waals surface area contributed by atoms with E-state index in [9.17, 15) is 9.90 Å². The summed E-state index contributed by atoms with van der Waals surface area (Å²) in [5, 5.41) is 9.73. The van der Waals surface area contributed by atoms with Crippen molar-refractivity contribution in [2.75, 3.05) is 6.54 Å². The summed E-state index contributed by atoms with van der Waals surface area (Å²) in [5.41, 5.74) is 2.20. The summed E-state index contributed by atoms with van der Waals surface area (Å²) in [6, 6.07) is 8.45. The van der Waals surface area contributed by atoms with Crippen molar-refractivity contribution >= 4 is 5.97 Å². The van der Waals surface area contributed by atoms with E-state index in [0.717, 1.165) is 38.8 Å². The van der Waals surface area contributed by atoms with Crippen molar-refractivity contribution in [3.05, 3.63) is 35.4 Å². The average Bonchev–Trinajstić information content (AvgIpc) is 2.83. The standard InChI is InChI=1S/C17H23NO2/c1-13-6-8-17(9-7-13,16(19)20)12-18-10-14-4-2-3-5-15(14)11-18/h2-5,13H,6-12H2,1H3,(H,19,20). The number of hydrogen-bond acceptors (Lipinski definition) is 2. The smallest absolute Gasteiger partial charge is 0.310 e. The minimum Gasteiger partial charge on any atom is -0.481 e. The van der Waals surface area contributed by atoms with Crippen molar-refractivity contribution < 1.29 is 9.90 Å². The van der Waals surface area contributed by atoms with E-state index in [2.05, 4.69) is 36.1 Å². The van der Waals surface area contributed by atoms with Gasteiger partial charge in [0.1, 0.15) is 0 Å². The normalized spacial score (nSPS) is 30.1. The van der Waals surface area contributed by atoms with Gasteiger partial charge >= 0.3 is 5.97 Å². The van der Waals surface area contributed by atoms with Crippen LogP contribution in [-0.2, 0) is 17.9 Å². The van der Waals surface area contributed by atoms with E-state index < -0.39 is 11.4 Å². The Labute approximate surface area is 120 Å². The molecule has 1 N–H and O–H groups in total. The largest absolute Gasteiger partial charge is 0.481 e. The topological polar surface area (TPSA) is 40.5 Å². The zero-order chi connectivity index (χ0) is 14.2. The molecule has 3 nitrogen and oxygen atoms in total. The van der Waals surface area contributed by atoms with Crippen molar-refractivity contribution in [3.8, 4) is 0 Å². The maximum atomic E-state index is 11.8. The summed E-state index contributed by atoms with van der Waals surface area (Å²) < 4.78 is 0. The zero-order valence-electron chi connectivity index (χ0n) is 12.1. The van der Waals surface area contributed by atoms with Gasteiger partial charge in [0.05, 0.1) is 5.41 Å². The third-order valence-electron chi connectivity index (χ3n) is 5.12. The first kappa shape index (κ1) is 13.6. The molecule has 1 aromatic carbocycles. The van der Waals surface area contributed by atoms with Crippen LogP contribution in [0.25, 0.3) is 0 Å². The van der Waals surface area contributed by atoms with Gasteiger partial charge in [0.15, 0.2) is 0 Å². The number of carboxylic acid groups (broad SMARTS) is 1. The monoisotopic (exact) mass is 273 g/mol. The van der Waals surface area contributed by atoms with Gasteiger partial charge in [-0.15, -0.1) is 0 Å². The van der Waals surface area contributed by atoms with E-state index in [0.29, 0.717) is 12.5 Å². The fourth-order valence-corrected chi connectivity index (χ4v) is 3.70. The summed E-state index contributed by atoms with van der Waals surface area (Å²) in [4.78, 5) is 14.1. The third kappa shape index (κ3) is 2.47. The molecule has 0 amide bonds. The molecule has 20 heavy (non-hydrogen) atoms. The lowest BCUT2D eigenvalue weighted by Crippen LogP contribution is -2.43. The Hall–Kier alpha value is -1.35. The number of benzene rings is 1. The fourth-order valence-electron chi connectivity index (χ4n) is 3.70. The van der Waals surface area contributed by atoms with Crippen molar-refractivity contribution in [1.82, 2.24) is 4.90 Å². The van der Waals surface area contributed by atoms with E-state index in [4.69, 9.17) is 0 Å². The van der Waals surface area contributed by atoms with Gasteiger partial charge in [-0.25, -0.2) is 0 Å². The first-order valence-electron chi connectivity index (χ1n) is 7.62. The molecule has 1 aliphatic carbocycles. The molecule has 1 saturated carbocycles. The minimum atomic E-state index is -0.597. The number of nitrogens with zero attached hydrogens (tertiary/aromatic N) is 1. The summed E-state index contributed by atoms with van der Waals surface area (Å²) in [6.45, 7) is 4.74. The highest BCUT2D eigenvalue weighted by atomic mass is 16.4. The number of hydrogen-bond donors (Lipinski definition) is 1. The lowest BCUT2D eigenvalue weighted by atomic mass is 9.70. The molecule has 3 heteroatoms. The second-order valence-corrected chi connectivity index (χ2v) is 6.68. The van der Waals surface area contributed by atoms with E-state index in [1.807, 2.05) is 0 Å². The predicted octanol–water partition coefficient (Wildman–Crippen LogP) is 3.28. The van der Waals surface area contributed by atoms with Gasteiger partial charge in [-0.05, 0) is 42.7 Å². The Bertz CT molecular complexity index is 478. The molecular weight excluding hydrogens is 250 g/mol. The minimum absolute atomic E-state index is 0.519. The van der Waals surface area contributed by atoms with Crippen LogP contribution in [0.3, 0.4) is 0 Å². The van der Waals surface area contributed by atoms with Crippen LogP contribution in [0.5, 0.6) is 0 Å². The molecule has 1 heterocycles. The molecule has 1 fully saturated rings. The van der Waals surface area contributed by atoms with Crippen LogP contribution in [0.4, 0.5) is 0 Å². The van der Waals surface area contributed by atoms with Crippen molar-refractivity contribution in [2.45, 2.75) is 45.7 Å². The molecule has 0 atom stereocenters. The van der Waals surface area contributed by atoms with Crippen LogP contribution in [0.1, 0.15) is 43.7 Å². The number of carbonyl (C=O) groups is 1. The van der Waals surface area contributed by atoms with Crippen LogP contribution in [0, 0.1) is 11.3 Å². The van der Waals surface area contributed by atoms with Gasteiger partial charge in [-0.3, -0.25) is 9.69 Å². The second kappa shape index (κ2) is 5.21. The molecule has 0 saturated heterocycles. The maximum Gasteiger partial charge on any atom is 0.310 e. The van der Waals surface area contributed by atoms with E-state index in [1.54, 1.807) is 0 Å². The highest BCUT2D eigenvalue weighted by Gasteiger charge is 2.43. The van der Waals surface area contributed by atoms with E-state index in [-0.39, 0.29) is 0 Å². The van der Waals surface area contributed by atoms with Crippen LogP contribution in [0.2, 0.25) is 0 Å². The molecule has 0 radical (unpaired) electrons. The first-order chi connectivity index (χ1) is 9.59. The van der Waals surface area contributed by atoms with Gasteiger partial charge in [-0.2, -0.15) is 0 Å². The van der Waals surface area contributed by atoms with E-state index in [1.165, 1.54) is 11.1 Å². The molecule has 2 aliphatic rings. The summed E-state index contributed by atoms with van der Waals surface area (Å²) >= 11 is 0. The van der Waals surface area contributed by atoms with Gasteiger partial charge in [0.2, 0.25) is 0 Å². The van der Waals surface area contributed by atoms with Gasteiger partial charge < -0.3 is 5.11 Å². The fraction of sp³-hybridized carbons (Fsp3) is 0.588. The highest BCUT2D eigenvalue weighted by molar-refractivity contribution is 5.75. The lowest BCUT2D eigenvalue weighted by molar-refractivity contribution is -0.153. The van der Waals surface area contributed by atoms with Crippen LogP contribution in [0.15, 0.2) is 24.3 Å². The molecule has 0 unspecified atom stereocenters. The van der Waals surface area contributed by atoms with Gasteiger partial charge in [0.25, 0.3) is 0 Å². The van der Waals surface area contributed by atoms with Crippen LogP contribution in [-0.4, -0.2) is 22.5 Å². The summed E-state index contributed by atoms with van der Waals surface area (Å²) in [6.07, 6.45) is 3.76. The van der Waals surface area contributed by atoms with Gasteiger partial charge in [-0.1, -0.05) is 31.2 Å². The summed E-state index contributed by atoms with van der Waals surface area (Å²) in [7, 11) is 0. The molecule has 1 aliphatic heterocycles. The first-order valence-corrected chi connectivity index (χ1v) is 7.62. The Balaban J connectivity index is 1.72. The number of fused-ring (bicyclic) bond motifs is 1. The Morgan fingerprint density at radius 3 is 2.30 bits per heavy atom. The van der Waals surface area contributed by atoms with Crippen molar-refractivity contribution in [2.24, 2.45) is 11.3 Å². The molecule has 3 rings (SSSR count). The second-order valence-electron chi connectivity index (χ2n) is 6.68. The Kier molecular flexibility index (Phi) is 3.55. The Morgan fingerprint density at radius 2 is 1.80 bits per heavy atom. The van der Waals surface area contributed by atoms with Gasteiger partial charge in [0, 0.05) is 19.6 Å². The van der Waals surface area contributed by atoms with Crippen molar-refractivity contribution in [3.63, 3.8) is 0 Å². The quantitative estimate of drug-likeness (QED) is 0.918. The Morgan fingerprint density at radius 1 is 1.25 bits per heavy atom. The van der Waals surface area contributed by atoms with E-state index >= 15 is 0 Å². The molecule has 0 spiro atoms. The maximum absolute atomic E-state index is 11.8. The van der Waals surface area contributed by atoms with Crippen LogP contribution >= 0.6 is 0 Å². The zero-order valence-corrected chi connectivity index (χ0v) is 12.1. The third-order valence-corrected chi connectivity index (χ3v) is 5.12. The molecule has 0 aromatic heterocycles. The van der Waals surface area contributed by atoms with Crippen molar-refractivity contribution in [1.29, 1.82) is 0 Å². The molecule has 0 bridgehead atoms. The predicted molar refractivity (Wildman–Crippen MR) is 78.3 cm³/mol. The molecule has 1 aromatic rings. The summed E-state index contributed by atoms with van der Waals surface area (Å²) in [5.74, 6) is 0.0820.